The Labute approximate surface area is 184 Å². The molecular weight excluding hydrogens is 412 g/mol. The van der Waals surface area contributed by atoms with Crippen LogP contribution < -0.4 is 5.32 Å². The molecule has 0 aliphatic carbocycles. The molecule has 1 N–H and O–H groups in total. The molecule has 7 nitrogen and oxygen atoms in total. The predicted molar refractivity (Wildman–Crippen MR) is 121 cm³/mol. The summed E-state index contributed by atoms with van der Waals surface area (Å²) in [6.07, 6.45) is 3.23. The zero-order valence-electron chi connectivity index (χ0n) is 17.7. The van der Waals surface area contributed by atoms with Crippen molar-refractivity contribution >= 4 is 21.7 Å². The molecule has 0 unspecified atom stereocenters. The van der Waals surface area contributed by atoms with Crippen molar-refractivity contribution < 1.29 is 13.2 Å². The van der Waals surface area contributed by atoms with Crippen LogP contribution in [-0.4, -0.2) is 67.8 Å². The molecule has 4 rings (SSSR count). The largest absolute Gasteiger partial charge is 0.325 e. The van der Waals surface area contributed by atoms with Crippen molar-refractivity contribution in [1.82, 2.24) is 14.1 Å². The molecular formula is C23H30N4O3S. The van der Waals surface area contributed by atoms with E-state index < -0.39 is 10.0 Å². The van der Waals surface area contributed by atoms with Gasteiger partial charge in [0.05, 0.1) is 4.90 Å². The molecule has 2 aromatic carbocycles. The Morgan fingerprint density at radius 3 is 2.10 bits per heavy atom. The smallest absolute Gasteiger partial charge is 0.321 e. The fraction of sp³-hybridized carbons (Fsp3) is 0.435. The summed E-state index contributed by atoms with van der Waals surface area (Å²) in [5, 5.41) is 2.87. The van der Waals surface area contributed by atoms with Crippen LogP contribution in [0.1, 0.15) is 24.8 Å². The molecule has 0 spiro atoms. The van der Waals surface area contributed by atoms with Gasteiger partial charge in [0.25, 0.3) is 0 Å². The molecule has 2 amide bonds. The summed E-state index contributed by atoms with van der Waals surface area (Å²) in [4.78, 5) is 16.7. The molecule has 0 aromatic heterocycles. The van der Waals surface area contributed by atoms with Gasteiger partial charge in [0.2, 0.25) is 10.0 Å². The fourth-order valence-corrected chi connectivity index (χ4v) is 5.55. The first kappa shape index (κ1) is 21.8. The minimum atomic E-state index is -3.54. The molecule has 2 heterocycles. The van der Waals surface area contributed by atoms with Gasteiger partial charge in [-0.05, 0) is 49.1 Å². The summed E-state index contributed by atoms with van der Waals surface area (Å²) in [5.74, 6) is 0. The van der Waals surface area contributed by atoms with Gasteiger partial charge < -0.3 is 10.2 Å². The van der Waals surface area contributed by atoms with Crippen molar-refractivity contribution in [2.75, 3.05) is 44.6 Å². The fourth-order valence-electron chi connectivity index (χ4n) is 4.13. The van der Waals surface area contributed by atoms with E-state index in [1.165, 1.54) is 5.56 Å². The zero-order valence-corrected chi connectivity index (χ0v) is 18.6. The maximum atomic E-state index is 13.0. The summed E-state index contributed by atoms with van der Waals surface area (Å²) in [6, 6.07) is 16.6. The number of piperidine rings is 1. The predicted octanol–water partition coefficient (Wildman–Crippen LogP) is 3.21. The summed E-state index contributed by atoms with van der Waals surface area (Å²) in [6.45, 7) is 4.74. The minimum Gasteiger partial charge on any atom is -0.325 e. The van der Waals surface area contributed by atoms with Crippen LogP contribution in [0.15, 0.2) is 59.5 Å². The first-order valence-corrected chi connectivity index (χ1v) is 12.4. The number of carbonyl (C=O) groups excluding carboxylic acids is 1. The Morgan fingerprint density at radius 2 is 1.45 bits per heavy atom. The lowest BCUT2D eigenvalue weighted by Gasteiger charge is -2.34. The highest BCUT2D eigenvalue weighted by Gasteiger charge is 2.28. The molecule has 31 heavy (non-hydrogen) atoms. The van der Waals surface area contributed by atoms with Crippen LogP contribution in [0.3, 0.4) is 0 Å². The molecule has 2 aromatic rings. The van der Waals surface area contributed by atoms with E-state index in [2.05, 4.69) is 22.3 Å². The Morgan fingerprint density at radius 1 is 0.806 bits per heavy atom. The van der Waals surface area contributed by atoms with E-state index in [4.69, 9.17) is 0 Å². The lowest BCUT2D eigenvalue weighted by molar-refractivity contribution is 0.181. The lowest BCUT2D eigenvalue weighted by Crippen LogP contribution is -2.48. The van der Waals surface area contributed by atoms with Gasteiger partial charge in [0.15, 0.2) is 0 Å². The Bertz CT molecular complexity index is 966. The SMILES string of the molecule is O=C(Nc1ccc(S(=O)(=O)N2CCN(Cc3ccccc3)CC2)cc1)N1CCCCC1. The average molecular weight is 443 g/mol. The molecule has 0 atom stereocenters. The number of urea groups is 1. The molecule has 166 valence electrons. The Balaban J connectivity index is 1.33. The van der Waals surface area contributed by atoms with Crippen molar-refractivity contribution in [3.63, 3.8) is 0 Å². The van der Waals surface area contributed by atoms with Crippen molar-refractivity contribution in [2.24, 2.45) is 0 Å². The van der Waals surface area contributed by atoms with E-state index in [9.17, 15) is 13.2 Å². The average Bonchev–Trinajstić information content (AvgIpc) is 2.81. The third-order valence-corrected chi connectivity index (χ3v) is 7.88. The second-order valence-corrected chi connectivity index (χ2v) is 10.1. The summed E-state index contributed by atoms with van der Waals surface area (Å²) in [5.41, 5.74) is 1.85. The quantitative estimate of drug-likeness (QED) is 0.772. The van der Waals surface area contributed by atoms with E-state index in [1.807, 2.05) is 23.1 Å². The Kier molecular flexibility index (Phi) is 6.89. The maximum absolute atomic E-state index is 13.0. The number of sulfonamides is 1. The number of hydrogen-bond donors (Lipinski definition) is 1. The van der Waals surface area contributed by atoms with Crippen LogP contribution in [0.4, 0.5) is 10.5 Å². The van der Waals surface area contributed by atoms with Gasteiger partial charge in [-0.3, -0.25) is 4.90 Å². The lowest BCUT2D eigenvalue weighted by atomic mass is 10.1. The van der Waals surface area contributed by atoms with E-state index >= 15 is 0 Å². The summed E-state index contributed by atoms with van der Waals surface area (Å²) >= 11 is 0. The number of nitrogens with zero attached hydrogens (tertiary/aromatic N) is 3. The van der Waals surface area contributed by atoms with Gasteiger partial charge in [-0.2, -0.15) is 4.31 Å². The second-order valence-electron chi connectivity index (χ2n) is 8.17. The van der Waals surface area contributed by atoms with Crippen molar-refractivity contribution in [3.8, 4) is 0 Å². The third-order valence-electron chi connectivity index (χ3n) is 5.97. The first-order chi connectivity index (χ1) is 15.0. The number of rotatable bonds is 5. The number of nitrogens with one attached hydrogen (secondary N) is 1. The number of likely N-dealkylation sites (tertiary alicyclic amines) is 1. The molecule has 2 aliphatic heterocycles. The zero-order chi connectivity index (χ0) is 21.7. The van der Waals surface area contributed by atoms with Crippen LogP contribution in [0.25, 0.3) is 0 Å². The topological polar surface area (TPSA) is 73.0 Å². The van der Waals surface area contributed by atoms with Gasteiger partial charge in [-0.25, -0.2) is 13.2 Å². The standard InChI is InChI=1S/C23H30N4O3S/c28-23(26-13-5-2-6-14-26)24-21-9-11-22(12-10-21)31(29,30)27-17-15-25(16-18-27)19-20-7-3-1-4-8-20/h1,3-4,7-12H,2,5-6,13-19H2,(H,24,28). The number of amides is 2. The number of piperazine rings is 1. The van der Waals surface area contributed by atoms with Gasteiger partial charge in [0.1, 0.15) is 0 Å². The first-order valence-electron chi connectivity index (χ1n) is 10.9. The van der Waals surface area contributed by atoms with Crippen molar-refractivity contribution in [3.05, 3.63) is 60.2 Å². The molecule has 0 radical (unpaired) electrons. The highest BCUT2D eigenvalue weighted by Crippen LogP contribution is 2.21. The summed E-state index contributed by atoms with van der Waals surface area (Å²) in [7, 11) is -3.54. The normalized spacial score (nSPS) is 18.6. The van der Waals surface area contributed by atoms with E-state index in [1.54, 1.807) is 28.6 Å². The van der Waals surface area contributed by atoms with E-state index in [-0.39, 0.29) is 10.9 Å². The molecule has 2 fully saturated rings. The minimum absolute atomic E-state index is 0.121. The van der Waals surface area contributed by atoms with E-state index in [0.29, 0.717) is 31.9 Å². The van der Waals surface area contributed by atoms with Crippen LogP contribution in [0, 0.1) is 0 Å². The van der Waals surface area contributed by atoms with Crippen LogP contribution in [0.2, 0.25) is 0 Å². The molecule has 0 bridgehead atoms. The van der Waals surface area contributed by atoms with Crippen LogP contribution in [-0.2, 0) is 16.6 Å². The number of benzene rings is 2. The number of hydrogen-bond acceptors (Lipinski definition) is 4. The van der Waals surface area contributed by atoms with Crippen molar-refractivity contribution in [2.45, 2.75) is 30.7 Å². The van der Waals surface area contributed by atoms with Crippen LogP contribution in [0.5, 0.6) is 0 Å². The second kappa shape index (κ2) is 9.80. The maximum Gasteiger partial charge on any atom is 0.321 e. The molecule has 8 heteroatoms. The molecule has 2 saturated heterocycles. The number of anilines is 1. The monoisotopic (exact) mass is 442 g/mol. The van der Waals surface area contributed by atoms with Crippen molar-refractivity contribution in [1.29, 1.82) is 0 Å². The third kappa shape index (κ3) is 5.44. The van der Waals surface area contributed by atoms with Gasteiger partial charge in [-0.1, -0.05) is 30.3 Å². The summed E-state index contributed by atoms with van der Waals surface area (Å²) < 4.78 is 27.6. The highest BCUT2D eigenvalue weighted by molar-refractivity contribution is 7.89. The number of carbonyl (C=O) groups is 1. The Hall–Kier alpha value is -2.42. The highest BCUT2D eigenvalue weighted by atomic mass is 32.2. The van der Waals surface area contributed by atoms with Gasteiger partial charge in [0, 0.05) is 51.5 Å². The molecule has 2 aliphatic rings. The van der Waals surface area contributed by atoms with Gasteiger partial charge in [-0.15, -0.1) is 0 Å². The molecule has 0 saturated carbocycles. The van der Waals surface area contributed by atoms with Crippen LogP contribution >= 0.6 is 0 Å². The van der Waals surface area contributed by atoms with Gasteiger partial charge >= 0.3 is 6.03 Å². The van der Waals surface area contributed by atoms with E-state index in [0.717, 1.165) is 38.9 Å².